The molecule has 2 heteroatoms. The number of aryl methyl sites for hydroxylation is 1. The second-order valence-electron chi connectivity index (χ2n) is 3.25. The molecular formula is C12H21NO. The SMILES string of the molecule is CC(=O)Nc1ccc(C)cc1.CCC.[HH]. The third kappa shape index (κ3) is 6.23. The monoisotopic (exact) mass is 195 g/mol. The average Bonchev–Trinajstić information content (AvgIpc) is 2.09. The van der Waals surface area contributed by atoms with E-state index >= 15 is 0 Å². The summed E-state index contributed by atoms with van der Waals surface area (Å²) in [5.41, 5.74) is 2.04. The molecule has 0 fully saturated rings. The summed E-state index contributed by atoms with van der Waals surface area (Å²) < 4.78 is 0. The minimum Gasteiger partial charge on any atom is -0.326 e. The lowest BCUT2D eigenvalue weighted by Crippen LogP contribution is -2.05. The number of anilines is 1. The summed E-state index contributed by atoms with van der Waals surface area (Å²) in [6, 6.07) is 7.70. The zero-order chi connectivity index (χ0) is 11.0. The van der Waals surface area contributed by atoms with Crippen LogP contribution in [0, 0.1) is 6.92 Å². The highest BCUT2D eigenvalue weighted by molar-refractivity contribution is 5.88. The fraction of sp³-hybridized carbons (Fsp3) is 0.417. The summed E-state index contributed by atoms with van der Waals surface area (Å²) >= 11 is 0. The van der Waals surface area contributed by atoms with Gasteiger partial charge in [-0.1, -0.05) is 38.0 Å². The molecule has 0 aromatic heterocycles. The summed E-state index contributed by atoms with van der Waals surface area (Å²) in [5, 5.41) is 2.69. The Hall–Kier alpha value is -1.31. The van der Waals surface area contributed by atoms with Crippen LogP contribution in [0.4, 0.5) is 5.69 Å². The van der Waals surface area contributed by atoms with Crippen molar-refractivity contribution in [2.24, 2.45) is 0 Å². The maximum absolute atomic E-state index is 10.6. The number of hydrogen-bond donors (Lipinski definition) is 1. The van der Waals surface area contributed by atoms with E-state index in [9.17, 15) is 4.79 Å². The summed E-state index contributed by atoms with van der Waals surface area (Å²) in [4.78, 5) is 10.6. The number of hydrogen-bond acceptors (Lipinski definition) is 1. The van der Waals surface area contributed by atoms with Crippen LogP contribution in [0.5, 0.6) is 0 Å². The molecule has 1 amide bonds. The number of carbonyl (C=O) groups is 1. The largest absolute Gasteiger partial charge is 0.326 e. The highest BCUT2D eigenvalue weighted by Gasteiger charge is 1.92. The van der Waals surface area contributed by atoms with Gasteiger partial charge in [0.05, 0.1) is 0 Å². The molecule has 0 spiro atoms. The third-order valence-corrected chi connectivity index (χ3v) is 1.37. The molecule has 0 aliphatic carbocycles. The Morgan fingerprint density at radius 2 is 1.71 bits per heavy atom. The lowest BCUT2D eigenvalue weighted by atomic mass is 10.2. The average molecular weight is 195 g/mol. The van der Waals surface area contributed by atoms with Gasteiger partial charge in [0.15, 0.2) is 0 Å². The fourth-order valence-electron chi connectivity index (χ4n) is 0.840. The number of benzene rings is 1. The molecule has 0 saturated carbocycles. The molecular weight excluding hydrogens is 174 g/mol. The Balaban J connectivity index is 0. The molecule has 0 aliphatic heterocycles. The van der Waals surface area contributed by atoms with Crippen molar-refractivity contribution in [2.75, 3.05) is 5.32 Å². The lowest BCUT2D eigenvalue weighted by molar-refractivity contribution is -0.114. The minimum atomic E-state index is -0.0335. The van der Waals surface area contributed by atoms with Gasteiger partial charge in [-0.25, -0.2) is 0 Å². The van der Waals surface area contributed by atoms with Crippen LogP contribution >= 0.6 is 0 Å². The van der Waals surface area contributed by atoms with E-state index in [-0.39, 0.29) is 7.33 Å². The van der Waals surface area contributed by atoms with Crippen LogP contribution in [0.1, 0.15) is 34.2 Å². The number of nitrogens with one attached hydrogen (secondary N) is 1. The summed E-state index contributed by atoms with van der Waals surface area (Å²) in [5.74, 6) is -0.0335. The molecule has 0 bridgehead atoms. The van der Waals surface area contributed by atoms with Crippen molar-refractivity contribution in [2.45, 2.75) is 34.1 Å². The first-order chi connectivity index (χ1) is 6.60. The quantitative estimate of drug-likeness (QED) is 0.728. The van der Waals surface area contributed by atoms with E-state index in [1.165, 1.54) is 18.9 Å². The van der Waals surface area contributed by atoms with Gasteiger partial charge in [-0.15, -0.1) is 0 Å². The predicted molar refractivity (Wildman–Crippen MR) is 63.6 cm³/mol. The normalized spacial score (nSPS) is 8.57. The van der Waals surface area contributed by atoms with Gasteiger partial charge >= 0.3 is 0 Å². The van der Waals surface area contributed by atoms with E-state index < -0.39 is 0 Å². The van der Waals surface area contributed by atoms with Crippen molar-refractivity contribution < 1.29 is 6.22 Å². The van der Waals surface area contributed by atoms with Gasteiger partial charge in [-0.05, 0) is 19.1 Å². The minimum absolute atomic E-state index is 0. The topological polar surface area (TPSA) is 29.1 Å². The van der Waals surface area contributed by atoms with E-state index in [4.69, 9.17) is 0 Å². The molecule has 1 N–H and O–H groups in total. The highest BCUT2D eigenvalue weighted by Crippen LogP contribution is 2.07. The van der Waals surface area contributed by atoms with Gasteiger partial charge in [0.1, 0.15) is 0 Å². The molecule has 0 heterocycles. The third-order valence-electron chi connectivity index (χ3n) is 1.37. The predicted octanol–water partition coefficient (Wildman–Crippen LogP) is 3.62. The number of rotatable bonds is 1. The van der Waals surface area contributed by atoms with Crippen molar-refractivity contribution in [3.05, 3.63) is 29.8 Å². The molecule has 0 radical (unpaired) electrons. The van der Waals surface area contributed by atoms with Crippen molar-refractivity contribution in [3.8, 4) is 0 Å². The Labute approximate surface area is 87.8 Å². The summed E-state index contributed by atoms with van der Waals surface area (Å²) in [7, 11) is 0. The van der Waals surface area contributed by atoms with Crippen LogP contribution in [0.3, 0.4) is 0 Å². The summed E-state index contributed by atoms with van der Waals surface area (Å²) in [6.45, 7) is 7.76. The number of amides is 1. The Bertz CT molecular complexity index is 269. The van der Waals surface area contributed by atoms with Crippen LogP contribution in [0.25, 0.3) is 0 Å². The zero-order valence-electron chi connectivity index (χ0n) is 9.42. The van der Waals surface area contributed by atoms with Gasteiger partial charge in [-0.3, -0.25) is 4.79 Å². The lowest BCUT2D eigenvalue weighted by Gasteiger charge is -2.00. The van der Waals surface area contributed by atoms with E-state index in [1.807, 2.05) is 31.2 Å². The van der Waals surface area contributed by atoms with Crippen LogP contribution in [0.2, 0.25) is 0 Å². The van der Waals surface area contributed by atoms with E-state index in [2.05, 4.69) is 19.2 Å². The number of carbonyl (C=O) groups excluding carboxylic acids is 1. The van der Waals surface area contributed by atoms with Gasteiger partial charge in [-0.2, -0.15) is 0 Å². The molecule has 0 saturated heterocycles. The molecule has 80 valence electrons. The zero-order valence-corrected chi connectivity index (χ0v) is 9.42. The van der Waals surface area contributed by atoms with Crippen molar-refractivity contribution in [3.63, 3.8) is 0 Å². The maximum atomic E-state index is 10.6. The second-order valence-corrected chi connectivity index (χ2v) is 3.25. The molecule has 1 rings (SSSR count). The molecule has 1 aromatic carbocycles. The van der Waals surface area contributed by atoms with Crippen molar-refractivity contribution >= 4 is 11.6 Å². The molecule has 2 nitrogen and oxygen atoms in total. The molecule has 1 aromatic rings. The van der Waals surface area contributed by atoms with Crippen LogP contribution in [0.15, 0.2) is 24.3 Å². The van der Waals surface area contributed by atoms with Crippen molar-refractivity contribution in [1.82, 2.24) is 0 Å². The van der Waals surface area contributed by atoms with Gasteiger partial charge in [0.2, 0.25) is 5.91 Å². The molecule has 14 heavy (non-hydrogen) atoms. The molecule has 0 aliphatic rings. The Morgan fingerprint density at radius 1 is 1.29 bits per heavy atom. The Morgan fingerprint density at radius 3 is 2.07 bits per heavy atom. The highest BCUT2D eigenvalue weighted by atomic mass is 16.1. The first-order valence-electron chi connectivity index (χ1n) is 4.94. The first kappa shape index (κ1) is 12.7. The van der Waals surface area contributed by atoms with Gasteiger partial charge in [0, 0.05) is 14.0 Å². The van der Waals surface area contributed by atoms with Crippen LogP contribution in [-0.2, 0) is 4.79 Å². The standard InChI is InChI=1S/C9H11NO.C3H8.H2/c1-7-3-5-9(6-4-7)10-8(2)11;1-3-2;/h3-6H,1-2H3,(H,10,11);3H2,1-2H3;1H. The molecule has 0 unspecified atom stereocenters. The van der Waals surface area contributed by atoms with Crippen molar-refractivity contribution in [1.29, 1.82) is 0 Å². The smallest absolute Gasteiger partial charge is 0.221 e. The van der Waals surface area contributed by atoms with E-state index in [1.54, 1.807) is 0 Å². The molecule has 0 atom stereocenters. The van der Waals surface area contributed by atoms with Gasteiger partial charge < -0.3 is 5.32 Å². The van der Waals surface area contributed by atoms with E-state index in [0.717, 1.165) is 5.69 Å². The second kappa shape index (κ2) is 7.13. The van der Waals surface area contributed by atoms with E-state index in [0.29, 0.717) is 0 Å². The van der Waals surface area contributed by atoms with Crippen LogP contribution < -0.4 is 5.32 Å². The van der Waals surface area contributed by atoms with Gasteiger partial charge in [0.25, 0.3) is 0 Å². The van der Waals surface area contributed by atoms with Crippen LogP contribution in [-0.4, -0.2) is 5.91 Å². The first-order valence-corrected chi connectivity index (χ1v) is 4.94. The maximum Gasteiger partial charge on any atom is 0.221 e. The fourth-order valence-corrected chi connectivity index (χ4v) is 0.840. The Kier molecular flexibility index (Phi) is 6.46. The summed E-state index contributed by atoms with van der Waals surface area (Å²) in [6.07, 6.45) is 1.25.